The smallest absolute Gasteiger partial charge is 0.184 e. The van der Waals surface area contributed by atoms with E-state index in [1.807, 2.05) is 60.6 Å². The van der Waals surface area contributed by atoms with Gasteiger partial charge in [0.2, 0.25) is 0 Å². The molecule has 2 bridgehead atoms. The lowest BCUT2D eigenvalue weighted by atomic mass is 9.38. The zero-order valence-electron chi connectivity index (χ0n) is 28.1. The molecule has 0 spiro atoms. The van der Waals surface area contributed by atoms with Gasteiger partial charge in [-0.1, -0.05) is 60.9 Å². The highest BCUT2D eigenvalue weighted by molar-refractivity contribution is 6.41. The van der Waals surface area contributed by atoms with Gasteiger partial charge in [-0.25, -0.2) is 0 Å². The third-order valence-corrected chi connectivity index (χ3v) is 10.1. The Kier molecular flexibility index (Phi) is 10.6. The first kappa shape index (κ1) is 35.8. The number of rotatable bonds is 11. The average molecular weight is 619 g/mol. The number of ketones is 3. The molecule has 4 N–H and O–H groups in total. The molecule has 1 aromatic rings. The van der Waals surface area contributed by atoms with Crippen LogP contribution in [0.5, 0.6) is 11.5 Å². The van der Waals surface area contributed by atoms with E-state index in [2.05, 4.69) is 12.7 Å². The van der Waals surface area contributed by atoms with Gasteiger partial charge in [-0.05, 0) is 110 Å². The Balaban J connectivity index is 2.30. The van der Waals surface area contributed by atoms with Gasteiger partial charge >= 0.3 is 0 Å². The zero-order valence-corrected chi connectivity index (χ0v) is 28.1. The number of aliphatic hydroxyl groups excluding tert-OH is 2. The minimum absolute atomic E-state index is 0.00554. The highest BCUT2D eigenvalue weighted by Crippen LogP contribution is 2.65. The van der Waals surface area contributed by atoms with E-state index in [0.717, 1.165) is 22.8 Å². The Hall–Kier alpha value is -3.71. The van der Waals surface area contributed by atoms with Gasteiger partial charge in [0.1, 0.15) is 16.7 Å². The van der Waals surface area contributed by atoms with Crippen LogP contribution in [-0.2, 0) is 14.4 Å². The van der Waals surface area contributed by atoms with Crippen molar-refractivity contribution in [2.45, 2.75) is 100 Å². The summed E-state index contributed by atoms with van der Waals surface area (Å²) >= 11 is 0. The molecule has 0 unspecified atom stereocenters. The molecule has 244 valence electrons. The van der Waals surface area contributed by atoms with Gasteiger partial charge in [0.15, 0.2) is 28.8 Å². The fourth-order valence-corrected chi connectivity index (χ4v) is 6.88. The molecule has 4 atom stereocenters. The third-order valence-electron chi connectivity index (χ3n) is 10.1. The van der Waals surface area contributed by atoms with Crippen molar-refractivity contribution in [1.29, 1.82) is 0 Å². The van der Waals surface area contributed by atoms with Crippen molar-refractivity contribution in [3.05, 3.63) is 76.4 Å². The number of fused-ring (bicyclic) bond motifs is 2. The number of carbonyl (C=O) groups is 3. The van der Waals surface area contributed by atoms with Crippen LogP contribution in [0.25, 0.3) is 5.76 Å². The summed E-state index contributed by atoms with van der Waals surface area (Å²) in [4.78, 5) is 44.3. The fraction of sp³-hybridized carbons (Fsp3) is 0.500. The van der Waals surface area contributed by atoms with Gasteiger partial charge < -0.3 is 20.4 Å². The molecule has 45 heavy (non-hydrogen) atoms. The van der Waals surface area contributed by atoms with Gasteiger partial charge in [-0.3, -0.25) is 14.4 Å². The summed E-state index contributed by atoms with van der Waals surface area (Å²) in [6, 6.07) is 3.59. The van der Waals surface area contributed by atoms with Gasteiger partial charge in [0.25, 0.3) is 0 Å². The maximum atomic E-state index is 14.9. The monoisotopic (exact) mass is 618 g/mol. The van der Waals surface area contributed by atoms with Gasteiger partial charge in [0.05, 0.1) is 11.5 Å². The quantitative estimate of drug-likeness (QED) is 0.0495. The SMILES string of the molecule is C=C(C)[C@H](O)CC/C(C)=C/C[C@H]1C[C@]2(CC=C(C)C)C(=O)/C(=C(/O)c3ccc(O)c(O)c3)C(=O)[C@@](CC=C(C)C)(C2=O)C1(C)C. The number of hydrogen-bond acceptors (Lipinski definition) is 7. The lowest BCUT2D eigenvalue weighted by Crippen LogP contribution is -2.69. The second-order valence-corrected chi connectivity index (χ2v) is 14.2. The maximum Gasteiger partial charge on any atom is 0.184 e. The molecule has 1 aromatic carbocycles. The highest BCUT2D eigenvalue weighted by atomic mass is 16.3. The Bertz CT molecular complexity index is 1510. The van der Waals surface area contributed by atoms with Crippen LogP contribution < -0.4 is 0 Å². The van der Waals surface area contributed by atoms with E-state index >= 15 is 0 Å². The zero-order chi connectivity index (χ0) is 34.1. The first-order valence-electron chi connectivity index (χ1n) is 15.7. The van der Waals surface area contributed by atoms with E-state index in [1.165, 1.54) is 12.1 Å². The summed E-state index contributed by atoms with van der Waals surface area (Å²) in [6.07, 6.45) is 7.30. The Morgan fingerprint density at radius 3 is 2.09 bits per heavy atom. The molecule has 7 nitrogen and oxygen atoms in total. The van der Waals surface area contributed by atoms with Crippen molar-refractivity contribution < 1.29 is 34.8 Å². The fourth-order valence-electron chi connectivity index (χ4n) is 6.88. The van der Waals surface area contributed by atoms with Crippen molar-refractivity contribution in [1.82, 2.24) is 0 Å². The largest absolute Gasteiger partial charge is 0.506 e. The van der Waals surface area contributed by atoms with Crippen LogP contribution in [0.4, 0.5) is 0 Å². The minimum atomic E-state index is -1.64. The standard InChI is InChI=1S/C38H50O7/c1-22(2)16-18-37-21-27(13-10-25(7)11-14-28(39)24(5)6)36(8,9)38(35(37)45,19-17-23(3)4)34(44)31(33(37)43)32(42)26-12-15-29(40)30(41)20-26/h10,12,15-17,20,27-28,39-42H,5,11,13-14,18-19,21H2,1-4,6-9H3/b25-10+,32-31-/t27-,28+,37+,38-/m0/s1. The highest BCUT2D eigenvalue weighted by Gasteiger charge is 2.73. The number of carbonyl (C=O) groups excluding carboxylic acids is 3. The molecule has 2 aliphatic carbocycles. The number of benzene rings is 1. The van der Waals surface area contributed by atoms with Crippen molar-refractivity contribution >= 4 is 23.1 Å². The van der Waals surface area contributed by atoms with Crippen LogP contribution in [0.3, 0.4) is 0 Å². The number of allylic oxidation sites excluding steroid dienone is 7. The Morgan fingerprint density at radius 1 is 0.933 bits per heavy atom. The summed E-state index contributed by atoms with van der Waals surface area (Å²) in [6.45, 7) is 19.0. The number of Topliss-reactive ketones (excluding diaryl/α,β-unsaturated/α-hetero) is 3. The van der Waals surface area contributed by atoms with E-state index in [4.69, 9.17) is 0 Å². The van der Waals surface area contributed by atoms with Gasteiger partial charge in [-0.15, -0.1) is 0 Å². The van der Waals surface area contributed by atoms with Crippen LogP contribution in [0.15, 0.2) is 70.9 Å². The van der Waals surface area contributed by atoms with Gasteiger partial charge in [-0.2, -0.15) is 0 Å². The molecule has 7 heteroatoms. The van der Waals surface area contributed by atoms with E-state index < -0.39 is 62.5 Å². The second-order valence-electron chi connectivity index (χ2n) is 14.2. The third kappa shape index (κ3) is 6.51. The van der Waals surface area contributed by atoms with Crippen LogP contribution in [0.2, 0.25) is 0 Å². The maximum absolute atomic E-state index is 14.9. The van der Waals surface area contributed by atoms with Crippen molar-refractivity contribution in [3.8, 4) is 11.5 Å². The molecule has 3 rings (SSSR count). The molecule has 0 radical (unpaired) electrons. The van der Waals surface area contributed by atoms with E-state index in [0.29, 0.717) is 24.8 Å². The molecule has 0 heterocycles. The first-order chi connectivity index (χ1) is 20.8. The van der Waals surface area contributed by atoms with Crippen LogP contribution >= 0.6 is 0 Å². The number of aliphatic hydroxyl groups is 2. The van der Waals surface area contributed by atoms with E-state index in [9.17, 15) is 34.8 Å². The van der Waals surface area contributed by atoms with Gasteiger partial charge in [0, 0.05) is 5.56 Å². The lowest BCUT2D eigenvalue weighted by molar-refractivity contribution is -0.176. The molecule has 0 aromatic heterocycles. The summed E-state index contributed by atoms with van der Waals surface area (Å²) in [5.41, 5.74) is -0.978. The molecule has 2 fully saturated rings. The summed E-state index contributed by atoms with van der Waals surface area (Å²) < 4.78 is 0. The molecular weight excluding hydrogens is 568 g/mol. The summed E-state index contributed by atoms with van der Waals surface area (Å²) in [5.74, 6) is -3.60. The Labute approximate surface area is 267 Å². The number of phenols is 2. The second kappa shape index (κ2) is 13.3. The van der Waals surface area contributed by atoms with Crippen LogP contribution in [0, 0.1) is 22.2 Å². The van der Waals surface area contributed by atoms with Crippen LogP contribution in [0.1, 0.15) is 99.5 Å². The first-order valence-corrected chi connectivity index (χ1v) is 15.7. The van der Waals surface area contributed by atoms with Crippen molar-refractivity contribution in [2.24, 2.45) is 22.2 Å². The molecular formula is C38H50O7. The predicted octanol–water partition coefficient (Wildman–Crippen LogP) is 7.87. The topological polar surface area (TPSA) is 132 Å². The molecule has 0 saturated heterocycles. The number of aromatic hydroxyl groups is 2. The Morgan fingerprint density at radius 2 is 1.53 bits per heavy atom. The molecule has 2 aliphatic rings. The molecule has 2 saturated carbocycles. The normalized spacial score (nSPS) is 26.3. The van der Waals surface area contributed by atoms with Crippen molar-refractivity contribution in [2.75, 3.05) is 0 Å². The van der Waals surface area contributed by atoms with E-state index in [-0.39, 0.29) is 30.7 Å². The van der Waals surface area contributed by atoms with E-state index in [1.54, 1.807) is 6.92 Å². The average Bonchev–Trinajstić information content (AvgIpc) is 2.95. The minimum Gasteiger partial charge on any atom is -0.506 e. The summed E-state index contributed by atoms with van der Waals surface area (Å²) in [7, 11) is 0. The molecule has 0 amide bonds. The number of hydrogen-bond donors (Lipinski definition) is 4. The summed E-state index contributed by atoms with van der Waals surface area (Å²) in [5, 5.41) is 41.8. The predicted molar refractivity (Wildman–Crippen MR) is 178 cm³/mol. The van der Waals surface area contributed by atoms with Crippen molar-refractivity contribution in [3.63, 3.8) is 0 Å². The lowest BCUT2D eigenvalue weighted by Gasteiger charge is -2.60. The van der Waals surface area contributed by atoms with Crippen LogP contribution in [-0.4, -0.2) is 43.9 Å². The molecule has 0 aliphatic heterocycles. The number of phenolic OH excluding ortho intramolecular Hbond substituents is 2.